The largest absolute Gasteiger partial charge is 0.456 e. The first-order valence-corrected chi connectivity index (χ1v) is 5.83. The second-order valence-electron chi connectivity index (χ2n) is 3.31. The Bertz CT molecular complexity index is 456. The highest BCUT2D eigenvalue weighted by atomic mass is 79.9. The maximum Gasteiger partial charge on any atom is 0.306 e. The quantitative estimate of drug-likeness (QED) is 0.867. The van der Waals surface area contributed by atoms with E-state index in [-0.39, 0.29) is 16.6 Å². The fourth-order valence-electron chi connectivity index (χ4n) is 1.09. The number of nitrogens with one attached hydrogen (secondary N) is 1. The first-order valence-electron chi connectivity index (χ1n) is 5.04. The molecule has 0 aliphatic heterocycles. The van der Waals surface area contributed by atoms with E-state index in [2.05, 4.69) is 26.0 Å². The molecule has 1 aromatic rings. The fourth-order valence-corrected chi connectivity index (χ4v) is 1.59. The van der Waals surface area contributed by atoms with Gasteiger partial charge in [0.15, 0.2) is 12.4 Å². The van der Waals surface area contributed by atoms with Crippen LogP contribution in [-0.4, -0.2) is 18.5 Å². The molecule has 1 aromatic carbocycles. The minimum atomic E-state index is -0.919. The first-order chi connectivity index (χ1) is 8.43. The van der Waals surface area contributed by atoms with Gasteiger partial charge in [0.05, 0.1) is 5.69 Å². The Morgan fingerprint density at radius 1 is 1.39 bits per heavy atom. The van der Waals surface area contributed by atoms with Crippen molar-refractivity contribution in [2.24, 2.45) is 0 Å². The number of ether oxygens (including phenoxy) is 1. The minimum absolute atomic E-state index is 0.0650. The number of hydrogen-bond donors (Lipinski definition) is 1. The predicted molar refractivity (Wildman–Crippen MR) is 63.9 cm³/mol. The van der Waals surface area contributed by atoms with E-state index in [4.69, 9.17) is 0 Å². The van der Waals surface area contributed by atoms with Crippen LogP contribution in [0, 0.1) is 11.6 Å². The maximum absolute atomic E-state index is 13.3. The lowest BCUT2D eigenvalue weighted by Crippen LogP contribution is -2.21. The van der Waals surface area contributed by atoms with Crippen molar-refractivity contribution < 1.29 is 23.1 Å². The molecule has 1 rings (SSSR count). The number of rotatable bonds is 4. The summed E-state index contributed by atoms with van der Waals surface area (Å²) >= 11 is 2.92. The van der Waals surface area contributed by atoms with E-state index in [9.17, 15) is 18.4 Å². The first kappa shape index (κ1) is 14.6. The standard InChI is InChI=1S/C11H10BrF2NO3/c1-2-10(17)18-5-9(16)15-11-7(12)3-6(13)4-8(11)14/h3-4H,2,5H2,1H3,(H,15,16). The second kappa shape index (κ2) is 6.44. The SMILES string of the molecule is CCC(=O)OCC(=O)Nc1c(F)cc(F)cc1Br. The van der Waals surface area contributed by atoms with Crippen molar-refractivity contribution in [2.45, 2.75) is 13.3 Å². The second-order valence-corrected chi connectivity index (χ2v) is 4.16. The minimum Gasteiger partial charge on any atom is -0.456 e. The van der Waals surface area contributed by atoms with Crippen LogP contribution in [-0.2, 0) is 14.3 Å². The van der Waals surface area contributed by atoms with Gasteiger partial charge in [0.2, 0.25) is 0 Å². The van der Waals surface area contributed by atoms with E-state index in [0.717, 1.165) is 6.07 Å². The number of carbonyl (C=O) groups excluding carboxylic acids is 2. The van der Waals surface area contributed by atoms with Crippen LogP contribution in [0.25, 0.3) is 0 Å². The molecular formula is C11H10BrF2NO3. The van der Waals surface area contributed by atoms with Gasteiger partial charge in [-0.3, -0.25) is 9.59 Å². The number of amides is 1. The molecule has 0 bridgehead atoms. The molecule has 0 unspecified atom stereocenters. The molecule has 98 valence electrons. The molecule has 0 saturated carbocycles. The zero-order valence-corrected chi connectivity index (χ0v) is 11.0. The van der Waals surface area contributed by atoms with Gasteiger partial charge < -0.3 is 10.1 Å². The molecule has 0 spiro atoms. The van der Waals surface area contributed by atoms with E-state index >= 15 is 0 Å². The Morgan fingerprint density at radius 2 is 2.06 bits per heavy atom. The summed E-state index contributed by atoms with van der Waals surface area (Å²) < 4.78 is 30.8. The van der Waals surface area contributed by atoms with Gasteiger partial charge in [0.25, 0.3) is 5.91 Å². The molecule has 0 radical (unpaired) electrons. The van der Waals surface area contributed by atoms with Crippen LogP contribution in [0.4, 0.5) is 14.5 Å². The average Bonchev–Trinajstić information content (AvgIpc) is 2.30. The molecule has 0 fully saturated rings. The fraction of sp³-hybridized carbons (Fsp3) is 0.273. The summed E-state index contributed by atoms with van der Waals surface area (Å²) in [5, 5.41) is 2.18. The van der Waals surface area contributed by atoms with E-state index in [0.29, 0.717) is 6.07 Å². The molecule has 0 heterocycles. The Morgan fingerprint density at radius 3 is 2.61 bits per heavy atom. The van der Waals surface area contributed by atoms with Crippen molar-refractivity contribution in [1.29, 1.82) is 0 Å². The zero-order chi connectivity index (χ0) is 13.7. The van der Waals surface area contributed by atoms with Crippen molar-refractivity contribution in [2.75, 3.05) is 11.9 Å². The number of esters is 1. The normalized spacial score (nSPS) is 10.0. The highest BCUT2D eigenvalue weighted by Gasteiger charge is 2.13. The van der Waals surface area contributed by atoms with Crippen molar-refractivity contribution in [3.8, 4) is 0 Å². The predicted octanol–water partition coefficient (Wildman–Crippen LogP) is 2.62. The molecule has 0 aliphatic rings. The van der Waals surface area contributed by atoms with Gasteiger partial charge >= 0.3 is 5.97 Å². The molecule has 18 heavy (non-hydrogen) atoms. The molecule has 0 aromatic heterocycles. The van der Waals surface area contributed by atoms with Gasteiger partial charge in [-0.05, 0) is 22.0 Å². The van der Waals surface area contributed by atoms with Crippen LogP contribution in [0.5, 0.6) is 0 Å². The Hall–Kier alpha value is -1.50. The summed E-state index contributed by atoms with van der Waals surface area (Å²) in [6, 6.07) is 1.65. The van der Waals surface area contributed by atoms with Gasteiger partial charge in [0, 0.05) is 17.0 Å². The summed E-state index contributed by atoms with van der Waals surface area (Å²) in [4.78, 5) is 22.2. The lowest BCUT2D eigenvalue weighted by Gasteiger charge is -2.09. The highest BCUT2D eigenvalue weighted by Crippen LogP contribution is 2.26. The molecule has 1 N–H and O–H groups in total. The van der Waals surface area contributed by atoms with Gasteiger partial charge in [-0.2, -0.15) is 0 Å². The summed E-state index contributed by atoms with van der Waals surface area (Å²) in [5.41, 5.74) is -0.200. The van der Waals surface area contributed by atoms with E-state index < -0.39 is 30.1 Å². The number of carbonyl (C=O) groups is 2. The van der Waals surface area contributed by atoms with Crippen LogP contribution in [0.1, 0.15) is 13.3 Å². The molecule has 7 heteroatoms. The molecule has 1 amide bonds. The molecule has 0 saturated heterocycles. The number of hydrogen-bond acceptors (Lipinski definition) is 3. The topological polar surface area (TPSA) is 55.4 Å². The van der Waals surface area contributed by atoms with Crippen LogP contribution < -0.4 is 5.32 Å². The number of anilines is 1. The van der Waals surface area contributed by atoms with Crippen molar-refractivity contribution in [3.05, 3.63) is 28.2 Å². The Labute approximate surface area is 110 Å². The third kappa shape index (κ3) is 4.06. The van der Waals surface area contributed by atoms with E-state index in [1.807, 2.05) is 0 Å². The molecule has 0 aliphatic carbocycles. The summed E-state index contributed by atoms with van der Waals surface area (Å²) in [6.07, 6.45) is 0.141. The molecular weight excluding hydrogens is 312 g/mol. The van der Waals surface area contributed by atoms with Gasteiger partial charge in [-0.1, -0.05) is 6.92 Å². The zero-order valence-electron chi connectivity index (χ0n) is 9.43. The Balaban J connectivity index is 2.68. The average molecular weight is 322 g/mol. The van der Waals surface area contributed by atoms with Crippen molar-refractivity contribution >= 4 is 33.5 Å². The summed E-state index contributed by atoms with van der Waals surface area (Å²) in [5.74, 6) is -2.93. The summed E-state index contributed by atoms with van der Waals surface area (Å²) in [6.45, 7) is 1.06. The lowest BCUT2D eigenvalue weighted by atomic mass is 10.3. The monoisotopic (exact) mass is 321 g/mol. The Kier molecular flexibility index (Phi) is 5.21. The van der Waals surface area contributed by atoms with Crippen LogP contribution in [0.2, 0.25) is 0 Å². The van der Waals surface area contributed by atoms with Gasteiger partial charge in [-0.25, -0.2) is 8.78 Å². The number of halogens is 3. The van der Waals surface area contributed by atoms with E-state index in [1.54, 1.807) is 6.92 Å². The maximum atomic E-state index is 13.3. The van der Waals surface area contributed by atoms with Crippen molar-refractivity contribution in [3.63, 3.8) is 0 Å². The molecule has 4 nitrogen and oxygen atoms in total. The van der Waals surface area contributed by atoms with Crippen molar-refractivity contribution in [1.82, 2.24) is 0 Å². The van der Waals surface area contributed by atoms with Crippen LogP contribution in [0.3, 0.4) is 0 Å². The van der Waals surface area contributed by atoms with E-state index in [1.165, 1.54) is 0 Å². The van der Waals surface area contributed by atoms with Crippen LogP contribution >= 0.6 is 15.9 Å². The van der Waals surface area contributed by atoms with Gasteiger partial charge in [-0.15, -0.1) is 0 Å². The third-order valence-electron chi connectivity index (χ3n) is 1.92. The summed E-state index contributed by atoms with van der Waals surface area (Å²) in [7, 11) is 0. The highest BCUT2D eigenvalue weighted by molar-refractivity contribution is 9.10. The molecule has 0 atom stereocenters. The van der Waals surface area contributed by atoms with Gasteiger partial charge in [0.1, 0.15) is 5.82 Å². The third-order valence-corrected chi connectivity index (χ3v) is 2.55. The van der Waals surface area contributed by atoms with Crippen LogP contribution in [0.15, 0.2) is 16.6 Å². The lowest BCUT2D eigenvalue weighted by molar-refractivity contribution is -0.146. The number of benzene rings is 1. The smallest absolute Gasteiger partial charge is 0.306 e.